The minimum Gasteiger partial charge on any atom is -0.456 e. The molecule has 2 aromatic heterocycles. The maximum absolute atomic E-state index is 6.28. The fourth-order valence-corrected chi connectivity index (χ4v) is 6.37. The van der Waals surface area contributed by atoms with E-state index in [-0.39, 0.29) is 0 Å². The number of hydrogen-bond donors (Lipinski definition) is 0. The van der Waals surface area contributed by atoms with Crippen LogP contribution in [0.2, 0.25) is 0 Å². The fraction of sp³-hybridized carbons (Fsp3) is 0. The van der Waals surface area contributed by atoms with Gasteiger partial charge in [0.25, 0.3) is 0 Å². The van der Waals surface area contributed by atoms with E-state index in [2.05, 4.69) is 78.9 Å². The molecule has 0 saturated heterocycles. The zero-order valence-corrected chi connectivity index (χ0v) is 23.0. The molecule has 0 spiro atoms. The molecule has 0 unspecified atom stereocenters. The van der Waals surface area contributed by atoms with Gasteiger partial charge in [0.1, 0.15) is 11.2 Å². The van der Waals surface area contributed by atoms with E-state index in [0.29, 0.717) is 17.5 Å². The molecule has 4 heteroatoms. The summed E-state index contributed by atoms with van der Waals surface area (Å²) in [5.74, 6) is 1.95. The van der Waals surface area contributed by atoms with Crippen LogP contribution in [0.15, 0.2) is 144 Å². The van der Waals surface area contributed by atoms with Gasteiger partial charge in [-0.2, -0.15) is 0 Å². The Morgan fingerprint density at radius 2 is 0.814 bits per heavy atom. The van der Waals surface area contributed by atoms with Crippen molar-refractivity contribution in [1.29, 1.82) is 0 Å². The predicted octanol–water partition coefficient (Wildman–Crippen LogP) is 10.2. The molecule has 0 saturated carbocycles. The molecule has 0 aliphatic rings. The highest BCUT2D eigenvalue weighted by Crippen LogP contribution is 2.45. The van der Waals surface area contributed by atoms with Crippen molar-refractivity contribution in [2.24, 2.45) is 0 Å². The summed E-state index contributed by atoms with van der Waals surface area (Å²) >= 11 is 0. The Labute approximate surface area is 247 Å². The van der Waals surface area contributed by atoms with Crippen LogP contribution in [0.1, 0.15) is 0 Å². The third-order valence-corrected chi connectivity index (χ3v) is 8.28. The number of furan rings is 1. The van der Waals surface area contributed by atoms with Gasteiger partial charge in [0, 0.05) is 27.5 Å². The third-order valence-electron chi connectivity index (χ3n) is 8.28. The standard InChI is InChI=1S/C39H23N3O/c1-3-11-24(12-4-1)37-40-38(25-13-5-2-6-14-25)42-39(41-37)27-16-7-15-26(23-27)28-17-8-18-29-30-19-9-21-32-35(30)36-31(34(28)29)20-10-22-33(36)43-32/h1-23H. The summed E-state index contributed by atoms with van der Waals surface area (Å²) < 4.78 is 6.28. The predicted molar refractivity (Wildman–Crippen MR) is 175 cm³/mol. The summed E-state index contributed by atoms with van der Waals surface area (Å²) in [4.78, 5) is 14.8. The van der Waals surface area contributed by atoms with Gasteiger partial charge in [-0.3, -0.25) is 0 Å². The maximum Gasteiger partial charge on any atom is 0.164 e. The molecule has 0 aliphatic heterocycles. The number of benzene rings is 7. The van der Waals surface area contributed by atoms with Gasteiger partial charge < -0.3 is 4.42 Å². The molecule has 0 atom stereocenters. The molecule has 0 radical (unpaired) electrons. The van der Waals surface area contributed by atoms with E-state index in [9.17, 15) is 0 Å². The highest BCUT2D eigenvalue weighted by molar-refractivity contribution is 6.34. The quantitative estimate of drug-likeness (QED) is 0.205. The van der Waals surface area contributed by atoms with E-state index in [1.165, 1.54) is 32.3 Å². The molecule has 2 heterocycles. The van der Waals surface area contributed by atoms with Crippen LogP contribution < -0.4 is 0 Å². The van der Waals surface area contributed by atoms with Crippen molar-refractivity contribution < 1.29 is 4.42 Å². The van der Waals surface area contributed by atoms with Crippen LogP contribution in [0, 0.1) is 0 Å². The zero-order valence-electron chi connectivity index (χ0n) is 23.0. The summed E-state index contributed by atoms with van der Waals surface area (Å²) in [5.41, 5.74) is 6.96. The first kappa shape index (κ1) is 23.8. The second kappa shape index (κ2) is 9.33. The van der Waals surface area contributed by atoms with E-state index in [1.54, 1.807) is 0 Å². The Hall–Kier alpha value is -5.87. The van der Waals surface area contributed by atoms with E-state index in [4.69, 9.17) is 19.4 Å². The topological polar surface area (TPSA) is 51.8 Å². The lowest BCUT2D eigenvalue weighted by atomic mass is 9.89. The Balaban J connectivity index is 1.28. The zero-order chi connectivity index (χ0) is 28.3. The summed E-state index contributed by atoms with van der Waals surface area (Å²) in [5, 5.41) is 7.22. The second-order valence-electron chi connectivity index (χ2n) is 10.8. The summed E-state index contributed by atoms with van der Waals surface area (Å²) in [6, 6.07) is 48.0. The molecule has 0 N–H and O–H groups in total. The molecule has 0 bridgehead atoms. The lowest BCUT2D eigenvalue weighted by Gasteiger charge is -2.14. The molecule has 4 nitrogen and oxygen atoms in total. The van der Waals surface area contributed by atoms with Crippen molar-refractivity contribution in [3.05, 3.63) is 140 Å². The monoisotopic (exact) mass is 549 g/mol. The van der Waals surface area contributed by atoms with Crippen molar-refractivity contribution in [3.8, 4) is 45.3 Å². The third kappa shape index (κ3) is 3.74. The lowest BCUT2D eigenvalue weighted by molar-refractivity contribution is 0.669. The first-order valence-electron chi connectivity index (χ1n) is 14.4. The van der Waals surface area contributed by atoms with Crippen LogP contribution in [0.25, 0.3) is 88.8 Å². The molecule has 9 aromatic rings. The van der Waals surface area contributed by atoms with Crippen LogP contribution in [-0.2, 0) is 0 Å². The molecule has 9 rings (SSSR count). The first-order valence-corrected chi connectivity index (χ1v) is 14.4. The van der Waals surface area contributed by atoms with Crippen LogP contribution in [0.4, 0.5) is 0 Å². The minimum absolute atomic E-state index is 0.642. The van der Waals surface area contributed by atoms with E-state index in [0.717, 1.165) is 39.0 Å². The number of fused-ring (bicyclic) bond motifs is 3. The summed E-state index contributed by atoms with van der Waals surface area (Å²) in [7, 11) is 0. The van der Waals surface area contributed by atoms with Gasteiger partial charge >= 0.3 is 0 Å². The number of nitrogens with zero attached hydrogens (tertiary/aromatic N) is 3. The Kier molecular flexibility index (Phi) is 5.16. The van der Waals surface area contributed by atoms with Crippen LogP contribution in [0.5, 0.6) is 0 Å². The summed E-state index contributed by atoms with van der Waals surface area (Å²) in [6.45, 7) is 0. The maximum atomic E-state index is 6.28. The van der Waals surface area contributed by atoms with Crippen molar-refractivity contribution in [3.63, 3.8) is 0 Å². The molecule has 0 aliphatic carbocycles. The number of hydrogen-bond acceptors (Lipinski definition) is 4. The molecule has 43 heavy (non-hydrogen) atoms. The SMILES string of the molecule is c1ccc(-c2nc(-c3ccccc3)nc(-c3cccc(-c4cccc5c6cccc7oc8cccc(c45)c8c76)c3)n2)cc1. The largest absolute Gasteiger partial charge is 0.456 e. The van der Waals surface area contributed by atoms with Gasteiger partial charge in [-0.25, -0.2) is 15.0 Å². The molecular weight excluding hydrogens is 526 g/mol. The minimum atomic E-state index is 0.642. The van der Waals surface area contributed by atoms with Gasteiger partial charge in [-0.15, -0.1) is 0 Å². The second-order valence-corrected chi connectivity index (χ2v) is 10.8. The van der Waals surface area contributed by atoms with E-state index in [1.807, 2.05) is 60.7 Å². The van der Waals surface area contributed by atoms with Crippen molar-refractivity contribution in [2.75, 3.05) is 0 Å². The lowest BCUT2D eigenvalue weighted by Crippen LogP contribution is -2.00. The highest BCUT2D eigenvalue weighted by atomic mass is 16.3. The van der Waals surface area contributed by atoms with Gasteiger partial charge in [0.2, 0.25) is 0 Å². The first-order chi connectivity index (χ1) is 21.3. The van der Waals surface area contributed by atoms with Gasteiger partial charge in [-0.05, 0) is 50.9 Å². The number of rotatable bonds is 4. The molecule has 200 valence electrons. The molecule has 7 aromatic carbocycles. The Morgan fingerprint density at radius 3 is 1.47 bits per heavy atom. The average Bonchev–Trinajstić information content (AvgIpc) is 3.48. The van der Waals surface area contributed by atoms with Crippen LogP contribution in [-0.4, -0.2) is 15.0 Å². The van der Waals surface area contributed by atoms with Crippen molar-refractivity contribution in [2.45, 2.75) is 0 Å². The van der Waals surface area contributed by atoms with Gasteiger partial charge in [-0.1, -0.05) is 121 Å². The summed E-state index contributed by atoms with van der Waals surface area (Å²) in [6.07, 6.45) is 0. The average molecular weight is 550 g/mol. The fourth-order valence-electron chi connectivity index (χ4n) is 6.37. The normalized spacial score (nSPS) is 11.7. The smallest absolute Gasteiger partial charge is 0.164 e. The van der Waals surface area contributed by atoms with E-state index >= 15 is 0 Å². The van der Waals surface area contributed by atoms with Gasteiger partial charge in [0.15, 0.2) is 17.5 Å². The van der Waals surface area contributed by atoms with E-state index < -0.39 is 0 Å². The van der Waals surface area contributed by atoms with Crippen LogP contribution in [0.3, 0.4) is 0 Å². The Morgan fingerprint density at radius 1 is 0.349 bits per heavy atom. The van der Waals surface area contributed by atoms with Crippen molar-refractivity contribution in [1.82, 2.24) is 15.0 Å². The van der Waals surface area contributed by atoms with Gasteiger partial charge in [0.05, 0.1) is 0 Å². The highest BCUT2D eigenvalue weighted by Gasteiger charge is 2.19. The molecule has 0 amide bonds. The van der Waals surface area contributed by atoms with Crippen LogP contribution >= 0.6 is 0 Å². The molecule has 0 fully saturated rings. The Bertz CT molecular complexity index is 2390. The molecular formula is C39H23N3O. The number of aromatic nitrogens is 3. The van der Waals surface area contributed by atoms with Crippen molar-refractivity contribution >= 4 is 43.5 Å².